The maximum absolute atomic E-state index is 13.4. The summed E-state index contributed by atoms with van der Waals surface area (Å²) in [5, 5.41) is 0. The molecule has 0 aromatic carbocycles. The van der Waals surface area contributed by atoms with Crippen LogP contribution in [0.15, 0.2) is 23.5 Å². The molecule has 2 aliphatic heterocycles. The number of amides is 1. The highest BCUT2D eigenvalue weighted by atomic mass is 16.2. The van der Waals surface area contributed by atoms with Crippen molar-refractivity contribution in [2.24, 2.45) is 22.7 Å². The van der Waals surface area contributed by atoms with E-state index in [0.29, 0.717) is 11.8 Å². The molecule has 3 atom stereocenters. The van der Waals surface area contributed by atoms with E-state index >= 15 is 0 Å². The van der Waals surface area contributed by atoms with Gasteiger partial charge in [-0.3, -0.25) is 14.7 Å². The Morgan fingerprint density at radius 2 is 2.04 bits per heavy atom. The van der Waals surface area contributed by atoms with E-state index in [1.54, 1.807) is 12.4 Å². The largest absolute Gasteiger partial charge is 0.340 e. The summed E-state index contributed by atoms with van der Waals surface area (Å²) in [5.41, 5.74) is -0.533. The van der Waals surface area contributed by atoms with Crippen LogP contribution in [0, 0.1) is 17.8 Å². The van der Waals surface area contributed by atoms with Gasteiger partial charge in [0, 0.05) is 44.4 Å². The molecule has 1 aromatic rings. The first-order valence-electron chi connectivity index (χ1n) is 9.48. The van der Waals surface area contributed by atoms with E-state index in [1.807, 2.05) is 11.0 Å². The van der Waals surface area contributed by atoms with E-state index in [4.69, 9.17) is 4.99 Å². The topological polar surface area (TPSA) is 61.7 Å². The molecule has 0 unspecified atom stereocenters. The Balaban J connectivity index is 1.61. The molecule has 134 valence electrons. The third kappa shape index (κ3) is 2.53. The third-order valence-corrected chi connectivity index (χ3v) is 5.91. The highest BCUT2D eigenvalue weighted by Gasteiger charge is 2.61. The number of amidine groups is 1. The number of hydrogen-bond donors (Lipinski definition) is 0. The molecule has 0 bridgehead atoms. The van der Waals surface area contributed by atoms with Gasteiger partial charge in [0.15, 0.2) is 0 Å². The summed E-state index contributed by atoms with van der Waals surface area (Å²) < 4.78 is 0. The zero-order chi connectivity index (χ0) is 17.6. The van der Waals surface area contributed by atoms with Gasteiger partial charge in [-0.2, -0.15) is 0 Å². The van der Waals surface area contributed by atoms with Crippen molar-refractivity contribution in [3.63, 3.8) is 0 Å². The molecule has 6 heteroatoms. The molecule has 1 aliphatic carbocycles. The number of hydrogen-bond acceptors (Lipinski definition) is 5. The maximum Gasteiger partial charge on any atom is 0.256 e. The SMILES string of the molecule is CCC1=N[C@]2(CC[C@H]3CN(c4ncccn4)C[C@H]32)C(=O)N1CC(C)C. The number of aliphatic imine (C=N–C) groups is 1. The lowest BCUT2D eigenvalue weighted by Crippen LogP contribution is -2.47. The third-order valence-electron chi connectivity index (χ3n) is 5.91. The Hall–Kier alpha value is -1.98. The van der Waals surface area contributed by atoms with E-state index in [2.05, 4.69) is 35.6 Å². The predicted molar refractivity (Wildman–Crippen MR) is 97.5 cm³/mol. The number of aromatic nitrogens is 2. The summed E-state index contributed by atoms with van der Waals surface area (Å²) in [7, 11) is 0. The van der Waals surface area contributed by atoms with Crippen LogP contribution >= 0.6 is 0 Å². The molecule has 0 N–H and O–H groups in total. The molecule has 0 radical (unpaired) electrons. The first-order valence-corrected chi connectivity index (χ1v) is 9.48. The molecule has 1 saturated heterocycles. The number of carbonyl (C=O) groups excluding carboxylic acids is 1. The van der Waals surface area contributed by atoms with Gasteiger partial charge in [0.05, 0.1) is 0 Å². The number of anilines is 1. The van der Waals surface area contributed by atoms with E-state index in [1.165, 1.54) is 0 Å². The minimum Gasteiger partial charge on any atom is -0.340 e. The van der Waals surface area contributed by atoms with Crippen molar-refractivity contribution in [3.8, 4) is 0 Å². The maximum atomic E-state index is 13.4. The second-order valence-electron chi connectivity index (χ2n) is 7.97. The highest BCUT2D eigenvalue weighted by Crippen LogP contribution is 2.50. The fourth-order valence-electron chi connectivity index (χ4n) is 4.83. The van der Waals surface area contributed by atoms with Crippen LogP contribution in [0.1, 0.15) is 40.0 Å². The number of carbonyl (C=O) groups is 1. The fourth-order valence-corrected chi connectivity index (χ4v) is 4.83. The van der Waals surface area contributed by atoms with Crippen molar-refractivity contribution in [1.82, 2.24) is 14.9 Å². The average molecular weight is 341 g/mol. The summed E-state index contributed by atoms with van der Waals surface area (Å²) in [5.74, 6) is 3.23. The zero-order valence-electron chi connectivity index (χ0n) is 15.4. The van der Waals surface area contributed by atoms with Crippen LogP contribution in [0.25, 0.3) is 0 Å². The molecular weight excluding hydrogens is 314 g/mol. The van der Waals surface area contributed by atoms with Crippen molar-refractivity contribution in [2.75, 3.05) is 24.5 Å². The molecule has 6 nitrogen and oxygen atoms in total. The molecule has 4 rings (SSSR count). The van der Waals surface area contributed by atoms with Crippen molar-refractivity contribution in [2.45, 2.75) is 45.6 Å². The zero-order valence-corrected chi connectivity index (χ0v) is 15.4. The summed E-state index contributed by atoms with van der Waals surface area (Å²) in [6.07, 6.45) is 6.34. The van der Waals surface area contributed by atoms with Crippen molar-refractivity contribution in [1.29, 1.82) is 0 Å². The first-order chi connectivity index (χ1) is 12.0. The van der Waals surface area contributed by atoms with Gasteiger partial charge in [0.2, 0.25) is 5.95 Å². The minimum atomic E-state index is -0.533. The van der Waals surface area contributed by atoms with E-state index in [9.17, 15) is 4.79 Å². The van der Waals surface area contributed by atoms with E-state index in [-0.39, 0.29) is 11.8 Å². The Morgan fingerprint density at radius 1 is 1.28 bits per heavy atom. The van der Waals surface area contributed by atoms with Crippen LogP contribution in [-0.2, 0) is 4.79 Å². The Kier molecular flexibility index (Phi) is 4.01. The Labute approximate surface area is 149 Å². The van der Waals surface area contributed by atoms with E-state index in [0.717, 1.165) is 50.7 Å². The quantitative estimate of drug-likeness (QED) is 0.843. The molecule has 3 heterocycles. The Morgan fingerprint density at radius 3 is 2.72 bits per heavy atom. The van der Waals surface area contributed by atoms with Gasteiger partial charge in [-0.15, -0.1) is 0 Å². The molecule has 25 heavy (non-hydrogen) atoms. The van der Waals surface area contributed by atoms with Gasteiger partial charge < -0.3 is 4.90 Å². The van der Waals surface area contributed by atoms with Gasteiger partial charge >= 0.3 is 0 Å². The lowest BCUT2D eigenvalue weighted by molar-refractivity contribution is -0.132. The molecule has 1 aromatic heterocycles. The molecule has 1 saturated carbocycles. The van der Waals surface area contributed by atoms with Gasteiger partial charge in [-0.1, -0.05) is 20.8 Å². The lowest BCUT2D eigenvalue weighted by Gasteiger charge is -2.28. The average Bonchev–Trinajstić information content (AvgIpc) is 3.25. The fraction of sp³-hybridized carbons (Fsp3) is 0.684. The normalized spacial score (nSPS) is 31.4. The van der Waals surface area contributed by atoms with Gasteiger partial charge in [0.1, 0.15) is 11.4 Å². The van der Waals surface area contributed by atoms with E-state index < -0.39 is 5.54 Å². The van der Waals surface area contributed by atoms with Crippen LogP contribution in [0.4, 0.5) is 5.95 Å². The predicted octanol–water partition coefficient (Wildman–Crippen LogP) is 2.37. The molecule has 2 fully saturated rings. The van der Waals surface area contributed by atoms with Gasteiger partial charge in [0.25, 0.3) is 5.91 Å². The van der Waals surface area contributed by atoms with Crippen molar-refractivity contribution < 1.29 is 4.79 Å². The monoisotopic (exact) mass is 341 g/mol. The minimum absolute atomic E-state index is 0.237. The summed E-state index contributed by atoms with van der Waals surface area (Å²) in [4.78, 5) is 31.4. The smallest absolute Gasteiger partial charge is 0.256 e. The van der Waals surface area contributed by atoms with Gasteiger partial charge in [-0.25, -0.2) is 9.97 Å². The summed E-state index contributed by atoms with van der Waals surface area (Å²) in [6.45, 7) is 8.96. The first kappa shape index (κ1) is 16.5. The highest BCUT2D eigenvalue weighted by molar-refractivity contribution is 6.08. The number of nitrogens with zero attached hydrogens (tertiary/aromatic N) is 5. The van der Waals surface area contributed by atoms with Crippen LogP contribution in [-0.4, -0.2) is 51.8 Å². The number of fused-ring (bicyclic) bond motifs is 2. The summed E-state index contributed by atoms with van der Waals surface area (Å²) in [6, 6.07) is 1.84. The van der Waals surface area contributed by atoms with Gasteiger partial charge in [-0.05, 0) is 30.7 Å². The van der Waals surface area contributed by atoms with Crippen LogP contribution in [0.5, 0.6) is 0 Å². The standard InChI is InChI=1S/C19H27N5O/c1-4-16-22-19(17(25)24(16)10-13(2)3)7-6-14-11-23(12-15(14)19)18-20-8-5-9-21-18/h5,8-9,13-15H,4,6-7,10-12H2,1-3H3/t14-,15+,19-/m0/s1. The van der Waals surface area contributed by atoms with Crippen LogP contribution < -0.4 is 4.90 Å². The molecule has 1 spiro atoms. The van der Waals surface area contributed by atoms with Crippen molar-refractivity contribution in [3.05, 3.63) is 18.5 Å². The van der Waals surface area contributed by atoms with Crippen LogP contribution in [0.3, 0.4) is 0 Å². The number of rotatable bonds is 4. The summed E-state index contributed by atoms with van der Waals surface area (Å²) >= 11 is 0. The molecule has 3 aliphatic rings. The second-order valence-corrected chi connectivity index (χ2v) is 7.97. The molecule has 1 amide bonds. The second kappa shape index (κ2) is 6.07. The Bertz CT molecular complexity index is 688. The van der Waals surface area contributed by atoms with Crippen LogP contribution in [0.2, 0.25) is 0 Å². The van der Waals surface area contributed by atoms with Crippen molar-refractivity contribution >= 4 is 17.7 Å². The molecular formula is C19H27N5O. The lowest BCUT2D eigenvalue weighted by atomic mass is 9.85.